The number of hydrogen-bond donors (Lipinski definition) is 1. The van der Waals surface area contributed by atoms with Crippen molar-refractivity contribution in [1.82, 2.24) is 0 Å². The molecule has 2 rings (SSSR count). The van der Waals surface area contributed by atoms with E-state index in [9.17, 15) is 4.79 Å². The summed E-state index contributed by atoms with van der Waals surface area (Å²) >= 11 is 7.10. The lowest BCUT2D eigenvalue weighted by Crippen LogP contribution is -2.14. The number of rotatable bonds is 6. The Bertz CT molecular complexity index is 678. The number of anilines is 1. The lowest BCUT2D eigenvalue weighted by molar-refractivity contribution is 0.102. The van der Waals surface area contributed by atoms with E-state index in [1.807, 2.05) is 12.1 Å². The molecule has 5 heteroatoms. The molecule has 0 aliphatic heterocycles. The molecule has 3 nitrogen and oxygen atoms in total. The first kappa shape index (κ1) is 18.0. The van der Waals surface area contributed by atoms with E-state index in [1.54, 1.807) is 19.2 Å². The molecule has 0 fully saturated rings. The van der Waals surface area contributed by atoms with Crippen LogP contribution in [0.25, 0.3) is 0 Å². The van der Waals surface area contributed by atoms with Crippen molar-refractivity contribution in [3.63, 3.8) is 0 Å². The Morgan fingerprint density at radius 3 is 2.43 bits per heavy atom. The Hall–Kier alpha value is -1.33. The van der Waals surface area contributed by atoms with Crippen LogP contribution in [0.4, 0.5) is 5.69 Å². The lowest BCUT2D eigenvalue weighted by Gasteiger charge is -2.13. The molecule has 122 valence electrons. The van der Waals surface area contributed by atoms with Gasteiger partial charge in [0.2, 0.25) is 0 Å². The number of aryl methyl sites for hydroxylation is 1. The summed E-state index contributed by atoms with van der Waals surface area (Å²) in [6.45, 7) is 2.17. The van der Waals surface area contributed by atoms with Crippen molar-refractivity contribution >= 4 is 43.5 Å². The number of unbranched alkanes of at least 4 members (excludes halogenated alkanes) is 1. The molecule has 0 radical (unpaired) electrons. The number of methoxy groups -OCH3 is 1. The van der Waals surface area contributed by atoms with Crippen molar-refractivity contribution in [2.24, 2.45) is 0 Å². The predicted octanol–water partition coefficient (Wildman–Crippen LogP) is 5.82. The predicted molar refractivity (Wildman–Crippen MR) is 101 cm³/mol. The van der Waals surface area contributed by atoms with Gasteiger partial charge in [-0.15, -0.1) is 0 Å². The fourth-order valence-electron chi connectivity index (χ4n) is 2.28. The molecule has 23 heavy (non-hydrogen) atoms. The van der Waals surface area contributed by atoms with Gasteiger partial charge in [-0.1, -0.05) is 25.5 Å². The fraction of sp³-hybridized carbons (Fsp3) is 0.278. The molecule has 0 saturated heterocycles. The summed E-state index contributed by atoms with van der Waals surface area (Å²) < 4.78 is 6.97. The van der Waals surface area contributed by atoms with Gasteiger partial charge in [0.25, 0.3) is 5.91 Å². The number of halogens is 2. The van der Waals surface area contributed by atoms with Gasteiger partial charge in [0.05, 0.1) is 18.4 Å². The molecule has 2 aromatic rings. The molecule has 0 aromatic heterocycles. The van der Waals surface area contributed by atoms with Crippen molar-refractivity contribution in [1.29, 1.82) is 0 Å². The number of ether oxygens (including phenoxy) is 1. The Labute approximate surface area is 153 Å². The Kier molecular flexibility index (Phi) is 6.66. The van der Waals surface area contributed by atoms with Gasteiger partial charge in [0, 0.05) is 8.95 Å². The third kappa shape index (κ3) is 4.58. The molecular formula is C18H19Br2NO2. The third-order valence-corrected chi connectivity index (χ3v) is 4.76. The number of amides is 1. The second-order valence-electron chi connectivity index (χ2n) is 5.19. The van der Waals surface area contributed by atoms with Crippen molar-refractivity contribution in [3.8, 4) is 5.75 Å². The monoisotopic (exact) mass is 439 g/mol. The fourth-order valence-corrected chi connectivity index (χ4v) is 3.76. The molecule has 1 N–H and O–H groups in total. The maximum absolute atomic E-state index is 12.5. The SMILES string of the molecule is CCCCc1cc(Br)c(NC(=O)c2ccccc2OC)c(Br)c1. The summed E-state index contributed by atoms with van der Waals surface area (Å²) in [4.78, 5) is 12.5. The number of carbonyl (C=O) groups excluding carboxylic acids is 1. The molecule has 0 heterocycles. The molecule has 0 atom stereocenters. The minimum atomic E-state index is -0.204. The first-order valence-corrected chi connectivity index (χ1v) is 9.07. The lowest BCUT2D eigenvalue weighted by atomic mass is 10.1. The molecular weight excluding hydrogens is 422 g/mol. The molecule has 0 spiro atoms. The molecule has 1 amide bonds. The van der Waals surface area contributed by atoms with Crippen LogP contribution in [-0.2, 0) is 6.42 Å². The van der Waals surface area contributed by atoms with Crippen LogP contribution < -0.4 is 10.1 Å². The van der Waals surface area contributed by atoms with Gasteiger partial charge in [-0.05, 0) is 74.5 Å². The van der Waals surface area contributed by atoms with Crippen molar-refractivity contribution in [3.05, 3.63) is 56.5 Å². The highest BCUT2D eigenvalue weighted by atomic mass is 79.9. The number of hydrogen-bond acceptors (Lipinski definition) is 2. The summed E-state index contributed by atoms with van der Waals surface area (Å²) in [6.07, 6.45) is 3.32. The van der Waals surface area contributed by atoms with Crippen LogP contribution in [0.15, 0.2) is 45.3 Å². The Morgan fingerprint density at radius 1 is 1.17 bits per heavy atom. The Morgan fingerprint density at radius 2 is 1.83 bits per heavy atom. The van der Waals surface area contributed by atoms with Crippen LogP contribution in [0.3, 0.4) is 0 Å². The molecule has 0 unspecified atom stereocenters. The van der Waals surface area contributed by atoms with E-state index in [2.05, 4.69) is 56.2 Å². The smallest absolute Gasteiger partial charge is 0.259 e. The van der Waals surface area contributed by atoms with Gasteiger partial charge in [-0.2, -0.15) is 0 Å². The normalized spacial score (nSPS) is 10.4. The van der Waals surface area contributed by atoms with Gasteiger partial charge in [-0.3, -0.25) is 4.79 Å². The molecule has 0 aliphatic carbocycles. The highest BCUT2D eigenvalue weighted by Gasteiger charge is 2.15. The quantitative estimate of drug-likeness (QED) is 0.614. The number of carbonyl (C=O) groups is 1. The standard InChI is InChI=1S/C18H19Br2NO2/c1-3-4-7-12-10-14(19)17(15(20)11-12)21-18(22)13-8-5-6-9-16(13)23-2/h5-6,8-11H,3-4,7H2,1-2H3,(H,21,22). The minimum absolute atomic E-state index is 0.204. The molecule has 2 aromatic carbocycles. The summed E-state index contributed by atoms with van der Waals surface area (Å²) in [5.74, 6) is 0.349. The van der Waals surface area contributed by atoms with Crippen LogP contribution in [0.5, 0.6) is 5.75 Å². The van der Waals surface area contributed by atoms with E-state index in [0.29, 0.717) is 11.3 Å². The van der Waals surface area contributed by atoms with Crippen LogP contribution >= 0.6 is 31.9 Å². The zero-order chi connectivity index (χ0) is 16.8. The first-order valence-electron chi connectivity index (χ1n) is 7.49. The van der Waals surface area contributed by atoms with Gasteiger partial charge < -0.3 is 10.1 Å². The highest BCUT2D eigenvalue weighted by Crippen LogP contribution is 2.34. The maximum atomic E-state index is 12.5. The summed E-state index contributed by atoms with van der Waals surface area (Å²) in [5.41, 5.74) is 2.46. The van der Waals surface area contributed by atoms with E-state index in [4.69, 9.17) is 4.74 Å². The number of benzene rings is 2. The number of para-hydroxylation sites is 1. The zero-order valence-corrected chi connectivity index (χ0v) is 16.3. The molecule has 0 aliphatic rings. The van der Waals surface area contributed by atoms with E-state index >= 15 is 0 Å². The van der Waals surface area contributed by atoms with Crippen LogP contribution in [0.1, 0.15) is 35.7 Å². The number of nitrogens with one attached hydrogen (secondary N) is 1. The average Bonchev–Trinajstić information content (AvgIpc) is 2.56. The van der Waals surface area contributed by atoms with Crippen molar-refractivity contribution < 1.29 is 9.53 Å². The third-order valence-electron chi connectivity index (χ3n) is 3.51. The van der Waals surface area contributed by atoms with Crippen molar-refractivity contribution in [2.45, 2.75) is 26.2 Å². The average molecular weight is 441 g/mol. The summed E-state index contributed by atoms with van der Waals surface area (Å²) in [7, 11) is 1.56. The maximum Gasteiger partial charge on any atom is 0.259 e. The second kappa shape index (κ2) is 8.50. The Balaban J connectivity index is 2.24. The highest BCUT2D eigenvalue weighted by molar-refractivity contribution is 9.11. The topological polar surface area (TPSA) is 38.3 Å². The van der Waals surface area contributed by atoms with Crippen LogP contribution in [0, 0.1) is 0 Å². The zero-order valence-electron chi connectivity index (χ0n) is 13.2. The van der Waals surface area contributed by atoms with Crippen molar-refractivity contribution in [2.75, 3.05) is 12.4 Å². The second-order valence-corrected chi connectivity index (χ2v) is 6.90. The van der Waals surface area contributed by atoms with E-state index in [1.165, 1.54) is 5.56 Å². The van der Waals surface area contributed by atoms with E-state index in [0.717, 1.165) is 33.9 Å². The minimum Gasteiger partial charge on any atom is -0.496 e. The van der Waals surface area contributed by atoms with E-state index in [-0.39, 0.29) is 5.91 Å². The first-order chi connectivity index (χ1) is 11.1. The van der Waals surface area contributed by atoms with E-state index < -0.39 is 0 Å². The van der Waals surface area contributed by atoms with Crippen LogP contribution in [-0.4, -0.2) is 13.0 Å². The summed E-state index contributed by atoms with van der Waals surface area (Å²) in [6, 6.07) is 11.3. The molecule has 0 saturated carbocycles. The van der Waals surface area contributed by atoms with Gasteiger partial charge in [0.1, 0.15) is 5.75 Å². The summed E-state index contributed by atoms with van der Waals surface area (Å²) in [5, 5.41) is 2.94. The van der Waals surface area contributed by atoms with Gasteiger partial charge >= 0.3 is 0 Å². The van der Waals surface area contributed by atoms with Gasteiger partial charge in [-0.25, -0.2) is 0 Å². The van der Waals surface area contributed by atoms with Crippen LogP contribution in [0.2, 0.25) is 0 Å². The van der Waals surface area contributed by atoms with Gasteiger partial charge in [0.15, 0.2) is 0 Å². The largest absolute Gasteiger partial charge is 0.496 e. The molecule has 0 bridgehead atoms.